The molecule has 3 aromatic rings. The summed E-state index contributed by atoms with van der Waals surface area (Å²) in [6, 6.07) is 1.14. The number of nitrogens with zero attached hydrogens (tertiary/aromatic N) is 3. The second kappa shape index (κ2) is 8.37. The van der Waals surface area contributed by atoms with Crippen LogP contribution < -0.4 is 20.5 Å². The summed E-state index contributed by atoms with van der Waals surface area (Å²) in [7, 11) is 2.53. The highest BCUT2D eigenvalue weighted by molar-refractivity contribution is 5.95. The zero-order valence-electron chi connectivity index (χ0n) is 17.0. The number of hydrogen-bond donors (Lipinski definition) is 3. The number of benzene rings is 1. The summed E-state index contributed by atoms with van der Waals surface area (Å²) in [6.07, 6.45) is 2.31. The molecule has 0 spiro atoms. The van der Waals surface area contributed by atoms with Crippen LogP contribution in [0.15, 0.2) is 12.3 Å². The monoisotopic (exact) mass is 429 g/mol. The van der Waals surface area contributed by atoms with Crippen molar-refractivity contribution in [3.63, 3.8) is 0 Å². The molecule has 0 saturated carbocycles. The third kappa shape index (κ3) is 3.52. The van der Waals surface area contributed by atoms with Crippen molar-refractivity contribution >= 4 is 16.7 Å². The maximum Gasteiger partial charge on any atom is 0.183 e. The van der Waals surface area contributed by atoms with Crippen molar-refractivity contribution in [2.75, 3.05) is 33.0 Å². The Hall–Kier alpha value is -3.42. The Labute approximate surface area is 177 Å². The summed E-state index contributed by atoms with van der Waals surface area (Å²) in [6.45, 7) is 1.24. The van der Waals surface area contributed by atoms with Crippen LogP contribution in [0.2, 0.25) is 0 Å². The van der Waals surface area contributed by atoms with E-state index in [-0.39, 0.29) is 35.7 Å². The van der Waals surface area contributed by atoms with Crippen LogP contribution in [-0.4, -0.2) is 47.2 Å². The minimum absolute atomic E-state index is 0.0236. The van der Waals surface area contributed by atoms with Gasteiger partial charge in [0, 0.05) is 24.4 Å². The van der Waals surface area contributed by atoms with Crippen molar-refractivity contribution in [2.45, 2.75) is 19.1 Å². The van der Waals surface area contributed by atoms with E-state index in [0.717, 1.165) is 19.0 Å². The first-order chi connectivity index (χ1) is 15.0. The molecule has 1 aromatic carbocycles. The third-order valence-corrected chi connectivity index (χ3v) is 5.26. The summed E-state index contributed by atoms with van der Waals surface area (Å²) >= 11 is 0. The second-order valence-corrected chi connectivity index (χ2v) is 7.02. The van der Waals surface area contributed by atoms with E-state index in [4.69, 9.17) is 15.2 Å². The number of nitrogen functional groups attached to an aromatic ring is 1. The smallest absolute Gasteiger partial charge is 0.183 e. The van der Waals surface area contributed by atoms with Gasteiger partial charge < -0.3 is 25.6 Å². The van der Waals surface area contributed by atoms with Crippen molar-refractivity contribution in [1.29, 1.82) is 0 Å². The highest BCUT2D eigenvalue weighted by Gasteiger charge is 2.25. The molecule has 31 heavy (non-hydrogen) atoms. The molecular formula is C21H21F2N5O3. The number of aliphatic hydroxyl groups excluding tert-OH is 1. The Kier molecular flexibility index (Phi) is 5.63. The summed E-state index contributed by atoms with van der Waals surface area (Å²) in [4.78, 5) is 4.12. The largest absolute Gasteiger partial charge is 0.493 e. The lowest BCUT2D eigenvalue weighted by Crippen LogP contribution is -2.15. The second-order valence-electron chi connectivity index (χ2n) is 7.02. The molecule has 8 nitrogen and oxygen atoms in total. The molecule has 3 heterocycles. The van der Waals surface area contributed by atoms with Crippen LogP contribution in [0.3, 0.4) is 0 Å². The van der Waals surface area contributed by atoms with Crippen LogP contribution in [0, 0.1) is 23.5 Å². The van der Waals surface area contributed by atoms with Crippen LogP contribution in [0.5, 0.6) is 11.5 Å². The molecule has 1 saturated heterocycles. The number of nitrogens with two attached hydrogens (primary N) is 1. The molecule has 4 N–H and O–H groups in total. The highest BCUT2D eigenvalue weighted by Crippen LogP contribution is 2.32. The van der Waals surface area contributed by atoms with Crippen molar-refractivity contribution < 1.29 is 23.4 Å². The average Bonchev–Trinajstić information content (AvgIpc) is 3.43. The lowest BCUT2D eigenvalue weighted by atomic mass is 10.1. The Morgan fingerprint density at radius 2 is 1.97 bits per heavy atom. The fourth-order valence-electron chi connectivity index (χ4n) is 3.69. The van der Waals surface area contributed by atoms with Gasteiger partial charge in [-0.1, -0.05) is 5.92 Å². The molecule has 162 valence electrons. The zero-order chi connectivity index (χ0) is 22.1. The number of methoxy groups -OCH3 is 2. The first-order valence-electron chi connectivity index (χ1n) is 9.59. The summed E-state index contributed by atoms with van der Waals surface area (Å²) < 4.78 is 41.0. The maximum absolute atomic E-state index is 14.7. The summed E-state index contributed by atoms with van der Waals surface area (Å²) in [5, 5.41) is 18.1. The van der Waals surface area contributed by atoms with Gasteiger partial charge in [-0.15, -0.1) is 0 Å². The number of rotatable bonds is 4. The molecule has 0 aliphatic carbocycles. The number of fused-ring (bicyclic) bond motifs is 1. The molecule has 1 aliphatic rings. The fourth-order valence-corrected chi connectivity index (χ4v) is 3.69. The van der Waals surface area contributed by atoms with E-state index in [1.54, 1.807) is 4.68 Å². The number of halogens is 2. The molecule has 0 radical (unpaired) electrons. The zero-order valence-corrected chi connectivity index (χ0v) is 17.0. The first-order valence-corrected chi connectivity index (χ1v) is 9.59. The quantitative estimate of drug-likeness (QED) is 0.542. The van der Waals surface area contributed by atoms with Crippen molar-refractivity contribution in [3.8, 4) is 23.3 Å². The van der Waals surface area contributed by atoms with E-state index >= 15 is 0 Å². The van der Waals surface area contributed by atoms with E-state index in [2.05, 4.69) is 27.2 Å². The van der Waals surface area contributed by atoms with Crippen molar-refractivity contribution in [3.05, 3.63) is 40.7 Å². The Morgan fingerprint density at radius 3 is 2.55 bits per heavy atom. The van der Waals surface area contributed by atoms with Crippen LogP contribution in [0.25, 0.3) is 10.9 Å². The summed E-state index contributed by atoms with van der Waals surface area (Å²) in [5.74, 6) is 3.12. The molecular weight excluding hydrogens is 408 g/mol. The van der Waals surface area contributed by atoms with Crippen molar-refractivity contribution in [1.82, 2.24) is 20.1 Å². The van der Waals surface area contributed by atoms with E-state index in [1.165, 1.54) is 20.4 Å². The number of aliphatic hydroxyl groups is 1. The van der Waals surface area contributed by atoms with Gasteiger partial charge in [-0.2, -0.15) is 5.10 Å². The maximum atomic E-state index is 14.7. The number of anilines is 1. The number of ether oxygens (including phenoxy) is 2. The molecule has 10 heteroatoms. The molecule has 1 aliphatic heterocycles. The molecule has 1 fully saturated rings. The number of aromatic nitrogens is 3. The minimum Gasteiger partial charge on any atom is -0.493 e. The molecule has 4 rings (SSSR count). The third-order valence-electron chi connectivity index (χ3n) is 5.26. The fraction of sp³-hybridized carbons (Fsp3) is 0.333. The lowest BCUT2D eigenvalue weighted by Gasteiger charge is -2.12. The first kappa shape index (κ1) is 20.8. The van der Waals surface area contributed by atoms with E-state index < -0.39 is 17.2 Å². The van der Waals surface area contributed by atoms with E-state index in [0.29, 0.717) is 23.0 Å². The Balaban J connectivity index is 1.93. The molecule has 0 bridgehead atoms. The van der Waals surface area contributed by atoms with Gasteiger partial charge in [-0.25, -0.2) is 13.8 Å². The molecule has 1 unspecified atom stereocenters. The highest BCUT2D eigenvalue weighted by atomic mass is 19.1. The topological polar surface area (TPSA) is 107 Å². The van der Waals surface area contributed by atoms with Gasteiger partial charge in [-0.3, -0.25) is 4.68 Å². The Bertz CT molecular complexity index is 1180. The molecule has 2 aromatic heterocycles. The SMILES string of the molecule is COc1cc(OC)c(F)c(C#Cc2nn(C3CCNC3)c3c(CO)cnc(N)c23)c1F. The van der Waals surface area contributed by atoms with Gasteiger partial charge in [0.05, 0.1) is 37.8 Å². The van der Waals surface area contributed by atoms with Crippen LogP contribution in [0.1, 0.15) is 29.3 Å². The minimum atomic E-state index is -0.945. The lowest BCUT2D eigenvalue weighted by molar-refractivity contribution is 0.282. The van der Waals surface area contributed by atoms with Gasteiger partial charge in [0.15, 0.2) is 23.1 Å². The average molecular weight is 429 g/mol. The van der Waals surface area contributed by atoms with Gasteiger partial charge in [0.2, 0.25) is 0 Å². The van der Waals surface area contributed by atoms with Crippen molar-refractivity contribution in [2.24, 2.45) is 0 Å². The van der Waals surface area contributed by atoms with Gasteiger partial charge in [0.1, 0.15) is 17.1 Å². The van der Waals surface area contributed by atoms with Crippen LogP contribution in [-0.2, 0) is 6.61 Å². The van der Waals surface area contributed by atoms with Gasteiger partial charge >= 0.3 is 0 Å². The number of pyridine rings is 1. The van der Waals surface area contributed by atoms with Gasteiger partial charge in [0.25, 0.3) is 0 Å². The molecule has 0 amide bonds. The van der Waals surface area contributed by atoms with E-state index in [1.807, 2.05) is 0 Å². The Morgan fingerprint density at radius 1 is 1.26 bits per heavy atom. The van der Waals surface area contributed by atoms with Crippen LogP contribution >= 0.6 is 0 Å². The predicted octanol–water partition coefficient (Wildman–Crippen LogP) is 1.74. The molecule has 1 atom stereocenters. The number of nitrogens with one attached hydrogen (secondary N) is 1. The van der Waals surface area contributed by atoms with Crippen LogP contribution in [0.4, 0.5) is 14.6 Å². The standard InChI is InChI=1S/C21H21F2N5O3/c1-30-15-7-16(31-2)19(23)13(18(15)22)3-4-14-17-20(11(10-29)8-26-21(17)24)28(27-14)12-5-6-25-9-12/h7-8,12,25,29H,5-6,9-10H2,1-2H3,(H2,24,26). The normalized spacial score (nSPS) is 15.7. The van der Waals surface area contributed by atoms with Gasteiger partial charge in [-0.05, 0) is 18.9 Å². The predicted molar refractivity (Wildman–Crippen MR) is 110 cm³/mol. The van der Waals surface area contributed by atoms with E-state index in [9.17, 15) is 13.9 Å². The summed E-state index contributed by atoms with van der Waals surface area (Å²) in [5.41, 5.74) is 6.95. The number of hydrogen-bond acceptors (Lipinski definition) is 7.